The highest BCUT2D eigenvalue weighted by Crippen LogP contribution is 2.22. The second-order valence-electron chi connectivity index (χ2n) is 7.01. The van der Waals surface area contributed by atoms with Crippen LogP contribution in [0.4, 0.5) is 4.79 Å². The summed E-state index contributed by atoms with van der Waals surface area (Å²) in [5.41, 5.74) is 0.575. The lowest BCUT2D eigenvalue weighted by molar-refractivity contribution is 0.0500. The molecule has 0 aliphatic rings. The van der Waals surface area contributed by atoms with Crippen LogP contribution in [0.25, 0.3) is 0 Å². The Kier molecular flexibility index (Phi) is 8.05. The van der Waals surface area contributed by atoms with Crippen molar-refractivity contribution in [2.24, 2.45) is 0 Å². The van der Waals surface area contributed by atoms with E-state index >= 15 is 0 Å². The summed E-state index contributed by atoms with van der Waals surface area (Å²) in [5.74, 6) is 0.783. The molecule has 0 spiro atoms. The van der Waals surface area contributed by atoms with Gasteiger partial charge in [-0.1, -0.05) is 25.1 Å². The van der Waals surface area contributed by atoms with E-state index in [1.54, 1.807) is 0 Å². The van der Waals surface area contributed by atoms with Gasteiger partial charge in [0.25, 0.3) is 0 Å². The van der Waals surface area contributed by atoms with Gasteiger partial charge in [0.1, 0.15) is 17.5 Å². The Morgan fingerprint density at radius 3 is 2.54 bits per heavy atom. The fraction of sp³-hybridized carbons (Fsp3) is 0.632. The van der Waals surface area contributed by atoms with Crippen molar-refractivity contribution in [3.05, 3.63) is 29.8 Å². The minimum atomic E-state index is -0.497. The van der Waals surface area contributed by atoms with Crippen LogP contribution >= 0.6 is 0 Å². The molecule has 0 radical (unpaired) electrons. The molecule has 1 amide bonds. The first-order valence-electron chi connectivity index (χ1n) is 8.60. The molecule has 2 N–H and O–H groups in total. The van der Waals surface area contributed by atoms with Crippen LogP contribution < -0.4 is 10.1 Å². The second-order valence-corrected chi connectivity index (χ2v) is 7.01. The van der Waals surface area contributed by atoms with E-state index in [1.807, 2.05) is 58.9 Å². The van der Waals surface area contributed by atoms with Crippen molar-refractivity contribution >= 4 is 6.09 Å². The highest BCUT2D eigenvalue weighted by atomic mass is 16.6. The van der Waals surface area contributed by atoms with Gasteiger partial charge in [0.15, 0.2) is 0 Å². The number of alkyl carbamates (subject to hydrolysis) is 1. The lowest BCUT2D eigenvalue weighted by Gasteiger charge is -2.23. The van der Waals surface area contributed by atoms with Crippen LogP contribution in [0.2, 0.25) is 0 Å². The van der Waals surface area contributed by atoms with Gasteiger partial charge in [-0.3, -0.25) is 0 Å². The lowest BCUT2D eigenvalue weighted by atomic mass is 10.0. The average Bonchev–Trinajstić information content (AvgIpc) is 2.50. The zero-order chi connectivity index (χ0) is 18.2. The minimum Gasteiger partial charge on any atom is -0.488 e. The molecule has 0 heterocycles. The molecule has 0 saturated heterocycles. The summed E-state index contributed by atoms with van der Waals surface area (Å²) in [7, 11) is 0. The molecule has 1 unspecified atom stereocenters. The number of aliphatic hydroxyl groups is 1. The molecule has 2 atom stereocenters. The van der Waals surface area contributed by atoms with Gasteiger partial charge in [0, 0.05) is 6.04 Å². The van der Waals surface area contributed by atoms with Crippen molar-refractivity contribution < 1.29 is 19.4 Å². The first-order chi connectivity index (χ1) is 11.2. The molecule has 24 heavy (non-hydrogen) atoms. The van der Waals surface area contributed by atoms with Crippen molar-refractivity contribution in [2.45, 2.75) is 71.6 Å². The smallest absolute Gasteiger partial charge is 0.407 e. The van der Waals surface area contributed by atoms with Gasteiger partial charge < -0.3 is 19.9 Å². The Morgan fingerprint density at radius 2 is 1.96 bits per heavy atom. The number of para-hydroxylation sites is 1. The summed E-state index contributed by atoms with van der Waals surface area (Å²) in [6.45, 7) is 9.40. The minimum absolute atomic E-state index is 0.0217. The number of hydrogen-bond acceptors (Lipinski definition) is 4. The Morgan fingerprint density at radius 1 is 1.29 bits per heavy atom. The van der Waals surface area contributed by atoms with Crippen LogP contribution in [0.15, 0.2) is 24.3 Å². The number of ether oxygens (including phenoxy) is 2. The van der Waals surface area contributed by atoms with Crippen molar-refractivity contribution in [3.8, 4) is 5.75 Å². The van der Waals surface area contributed by atoms with Crippen molar-refractivity contribution in [1.82, 2.24) is 5.32 Å². The van der Waals surface area contributed by atoms with Crippen LogP contribution in [0.1, 0.15) is 53.0 Å². The quantitative estimate of drug-likeness (QED) is 0.759. The maximum atomic E-state index is 11.9. The number of aryl methyl sites for hydroxylation is 1. The molecule has 0 aliphatic carbocycles. The molecule has 1 aromatic carbocycles. The molecule has 0 fully saturated rings. The van der Waals surface area contributed by atoms with E-state index in [0.717, 1.165) is 30.6 Å². The summed E-state index contributed by atoms with van der Waals surface area (Å²) in [4.78, 5) is 11.9. The summed E-state index contributed by atoms with van der Waals surface area (Å²) >= 11 is 0. The predicted molar refractivity (Wildman–Crippen MR) is 95.4 cm³/mol. The molecular weight excluding hydrogens is 306 g/mol. The number of hydrogen-bond donors (Lipinski definition) is 2. The highest BCUT2D eigenvalue weighted by Gasteiger charge is 2.19. The number of carbonyl (C=O) groups is 1. The Labute approximate surface area is 145 Å². The van der Waals surface area contributed by atoms with Crippen LogP contribution in [-0.2, 0) is 11.2 Å². The SMILES string of the molecule is CCC(CCc1ccccc1O[C@@H](C)CO)NC(=O)OC(C)(C)C. The number of nitrogens with one attached hydrogen (secondary N) is 1. The van der Waals surface area contributed by atoms with Gasteiger partial charge in [-0.05, 0) is 58.6 Å². The van der Waals surface area contributed by atoms with E-state index in [9.17, 15) is 4.79 Å². The van der Waals surface area contributed by atoms with E-state index in [4.69, 9.17) is 14.6 Å². The summed E-state index contributed by atoms with van der Waals surface area (Å²) < 4.78 is 11.1. The maximum Gasteiger partial charge on any atom is 0.407 e. The van der Waals surface area contributed by atoms with Crippen molar-refractivity contribution in [2.75, 3.05) is 6.61 Å². The van der Waals surface area contributed by atoms with Crippen LogP contribution in [0, 0.1) is 0 Å². The molecule has 0 saturated carbocycles. The standard InChI is InChI=1S/C19H31NO4/c1-6-16(20-18(22)24-19(3,4)5)12-11-15-9-7-8-10-17(15)23-14(2)13-21/h7-10,14,16,21H,6,11-13H2,1-5H3,(H,20,22)/t14-,16?/m0/s1. The van der Waals surface area contributed by atoms with Crippen molar-refractivity contribution in [1.29, 1.82) is 0 Å². The third-order valence-electron chi connectivity index (χ3n) is 3.53. The molecule has 0 bridgehead atoms. The maximum absolute atomic E-state index is 11.9. The first kappa shape index (κ1) is 20.3. The normalized spacial score (nSPS) is 13.9. The van der Waals surface area contributed by atoms with Gasteiger partial charge >= 0.3 is 6.09 Å². The van der Waals surface area contributed by atoms with Gasteiger partial charge in [0.2, 0.25) is 0 Å². The molecule has 1 aromatic rings. The highest BCUT2D eigenvalue weighted by molar-refractivity contribution is 5.68. The average molecular weight is 337 g/mol. The van der Waals surface area contributed by atoms with E-state index < -0.39 is 5.60 Å². The third-order valence-corrected chi connectivity index (χ3v) is 3.53. The largest absolute Gasteiger partial charge is 0.488 e. The lowest BCUT2D eigenvalue weighted by Crippen LogP contribution is -2.39. The fourth-order valence-corrected chi connectivity index (χ4v) is 2.26. The monoisotopic (exact) mass is 337 g/mol. The van der Waals surface area contributed by atoms with Gasteiger partial charge in [-0.2, -0.15) is 0 Å². The molecule has 0 aromatic heterocycles. The van der Waals surface area contributed by atoms with E-state index in [2.05, 4.69) is 5.32 Å². The van der Waals surface area contributed by atoms with Crippen LogP contribution in [0.5, 0.6) is 5.75 Å². The molecule has 1 rings (SSSR count). The first-order valence-corrected chi connectivity index (χ1v) is 8.60. The molecular formula is C19H31NO4. The van der Waals surface area contributed by atoms with Crippen LogP contribution in [-0.4, -0.2) is 35.6 Å². The summed E-state index contributed by atoms with van der Waals surface area (Å²) in [5, 5.41) is 12.1. The number of aliphatic hydroxyl groups excluding tert-OH is 1. The predicted octanol–water partition coefficient (Wildman–Crippen LogP) is 3.68. The zero-order valence-electron chi connectivity index (χ0n) is 15.5. The molecule has 136 valence electrons. The van der Waals surface area contributed by atoms with Crippen molar-refractivity contribution in [3.63, 3.8) is 0 Å². The number of benzene rings is 1. The van der Waals surface area contributed by atoms with Gasteiger partial charge in [-0.15, -0.1) is 0 Å². The van der Waals surface area contributed by atoms with Crippen LogP contribution in [0.3, 0.4) is 0 Å². The fourth-order valence-electron chi connectivity index (χ4n) is 2.26. The van der Waals surface area contributed by atoms with E-state index in [-0.39, 0.29) is 24.8 Å². The van der Waals surface area contributed by atoms with E-state index in [1.165, 1.54) is 0 Å². The Hall–Kier alpha value is -1.75. The van der Waals surface area contributed by atoms with E-state index in [0.29, 0.717) is 0 Å². The van der Waals surface area contributed by atoms with Gasteiger partial charge in [0.05, 0.1) is 6.61 Å². The third kappa shape index (κ3) is 7.68. The Bertz CT molecular complexity index is 510. The summed E-state index contributed by atoms with van der Waals surface area (Å²) in [6, 6.07) is 7.85. The number of carbonyl (C=O) groups excluding carboxylic acids is 1. The zero-order valence-corrected chi connectivity index (χ0v) is 15.5. The molecule has 0 aliphatic heterocycles. The topological polar surface area (TPSA) is 67.8 Å². The van der Waals surface area contributed by atoms with Gasteiger partial charge in [-0.25, -0.2) is 4.79 Å². The summed E-state index contributed by atoms with van der Waals surface area (Å²) in [6.07, 6.45) is 1.78. The molecule has 5 nitrogen and oxygen atoms in total. The number of amides is 1. The second kappa shape index (κ2) is 9.52. The number of rotatable bonds is 8. The molecule has 5 heteroatoms. The Balaban J connectivity index is 2.61.